The highest BCUT2D eigenvalue weighted by Gasteiger charge is 2.35. The molecule has 146 valence electrons. The molecule has 2 aliphatic rings. The lowest BCUT2D eigenvalue weighted by atomic mass is 9.98. The van der Waals surface area contributed by atoms with Crippen molar-refractivity contribution >= 4 is 11.8 Å². The minimum absolute atomic E-state index is 0.0607. The summed E-state index contributed by atoms with van der Waals surface area (Å²) in [5.74, 6) is 0.0163. The molecule has 2 saturated heterocycles. The molecular formula is C23H27N3O2. The van der Waals surface area contributed by atoms with Crippen LogP contribution in [0.1, 0.15) is 28.8 Å². The van der Waals surface area contributed by atoms with E-state index in [0.29, 0.717) is 25.2 Å². The second-order valence-corrected chi connectivity index (χ2v) is 7.65. The van der Waals surface area contributed by atoms with Gasteiger partial charge in [-0.15, -0.1) is 0 Å². The van der Waals surface area contributed by atoms with Crippen LogP contribution in [0.15, 0.2) is 48.5 Å². The fourth-order valence-electron chi connectivity index (χ4n) is 4.20. The van der Waals surface area contributed by atoms with Crippen molar-refractivity contribution in [2.75, 3.05) is 32.7 Å². The highest BCUT2D eigenvalue weighted by atomic mass is 16.2. The minimum Gasteiger partial charge on any atom is -0.341 e. The zero-order valence-electron chi connectivity index (χ0n) is 16.4. The molecule has 2 heterocycles. The van der Waals surface area contributed by atoms with Crippen molar-refractivity contribution in [2.24, 2.45) is 0 Å². The van der Waals surface area contributed by atoms with Crippen LogP contribution < -0.4 is 5.32 Å². The Bertz CT molecular complexity index is 874. The molecule has 0 radical (unpaired) electrons. The van der Waals surface area contributed by atoms with E-state index in [1.165, 1.54) is 5.56 Å². The highest BCUT2D eigenvalue weighted by molar-refractivity contribution is 5.98. The minimum atomic E-state index is -0.415. The predicted molar refractivity (Wildman–Crippen MR) is 110 cm³/mol. The summed E-state index contributed by atoms with van der Waals surface area (Å²) < 4.78 is 0. The van der Waals surface area contributed by atoms with Crippen molar-refractivity contribution in [3.05, 3.63) is 59.7 Å². The smallest absolute Gasteiger partial charge is 0.254 e. The third-order valence-electron chi connectivity index (χ3n) is 5.77. The zero-order chi connectivity index (χ0) is 19.5. The van der Waals surface area contributed by atoms with Gasteiger partial charge in [0.15, 0.2) is 0 Å². The number of hydrogen-bond donors (Lipinski definition) is 1. The van der Waals surface area contributed by atoms with E-state index in [2.05, 4.69) is 24.4 Å². The van der Waals surface area contributed by atoms with E-state index in [4.69, 9.17) is 0 Å². The van der Waals surface area contributed by atoms with Gasteiger partial charge < -0.3 is 15.1 Å². The van der Waals surface area contributed by atoms with E-state index in [1.54, 1.807) is 4.90 Å². The first-order valence-corrected chi connectivity index (χ1v) is 10.1. The number of amides is 2. The van der Waals surface area contributed by atoms with Crippen LogP contribution in [0.4, 0.5) is 0 Å². The van der Waals surface area contributed by atoms with Crippen molar-refractivity contribution in [1.29, 1.82) is 0 Å². The van der Waals surface area contributed by atoms with Crippen molar-refractivity contribution in [3.63, 3.8) is 0 Å². The Morgan fingerprint density at radius 2 is 1.79 bits per heavy atom. The Hall–Kier alpha value is -2.66. The number of nitrogens with zero attached hydrogens (tertiary/aromatic N) is 2. The molecule has 0 aromatic heterocycles. The maximum absolute atomic E-state index is 13.3. The molecule has 5 nitrogen and oxygen atoms in total. The fraction of sp³-hybridized carbons (Fsp3) is 0.391. The number of benzene rings is 2. The Kier molecular flexibility index (Phi) is 5.44. The van der Waals surface area contributed by atoms with E-state index < -0.39 is 6.04 Å². The predicted octanol–water partition coefficient (Wildman–Crippen LogP) is 2.70. The number of rotatable bonds is 3. The van der Waals surface area contributed by atoms with Crippen molar-refractivity contribution in [1.82, 2.24) is 15.1 Å². The Labute approximate surface area is 166 Å². The van der Waals surface area contributed by atoms with Gasteiger partial charge in [0.05, 0.1) is 0 Å². The van der Waals surface area contributed by atoms with Gasteiger partial charge in [0.2, 0.25) is 5.91 Å². The molecular weight excluding hydrogens is 350 g/mol. The Morgan fingerprint density at radius 1 is 1.00 bits per heavy atom. The second kappa shape index (κ2) is 8.15. The lowest BCUT2D eigenvalue weighted by Crippen LogP contribution is -2.59. The van der Waals surface area contributed by atoms with Gasteiger partial charge in [0, 0.05) is 38.3 Å². The molecule has 28 heavy (non-hydrogen) atoms. The number of likely N-dealkylation sites (tertiary alicyclic amines) is 1. The summed E-state index contributed by atoms with van der Waals surface area (Å²) in [6.45, 7) is 5.48. The first kappa shape index (κ1) is 18.7. The van der Waals surface area contributed by atoms with Crippen molar-refractivity contribution < 1.29 is 9.59 Å². The number of carbonyl (C=O) groups excluding carboxylic acids is 2. The van der Waals surface area contributed by atoms with Gasteiger partial charge in [0.25, 0.3) is 5.91 Å². The van der Waals surface area contributed by atoms with E-state index in [9.17, 15) is 9.59 Å². The molecule has 2 fully saturated rings. The molecule has 0 aliphatic carbocycles. The summed E-state index contributed by atoms with van der Waals surface area (Å²) in [6.07, 6.45) is 2.11. The van der Waals surface area contributed by atoms with E-state index in [0.717, 1.165) is 37.1 Å². The summed E-state index contributed by atoms with van der Waals surface area (Å²) >= 11 is 0. The van der Waals surface area contributed by atoms with Crippen molar-refractivity contribution in [3.8, 4) is 11.1 Å². The standard InChI is InChI=1S/C23H27N3O2/c1-17-7-2-3-10-20(17)18-8-6-9-19(15-18)22(27)26-14-11-24-16-21(26)23(28)25-12-4-5-13-25/h2-3,6-10,15,21,24H,4-5,11-14,16H2,1H3/t21-/m1/s1. The third kappa shape index (κ3) is 3.67. The van der Waals surface area contributed by atoms with Crippen LogP contribution in [0.2, 0.25) is 0 Å². The molecule has 2 amide bonds. The summed E-state index contributed by atoms with van der Waals surface area (Å²) in [5, 5.41) is 3.28. The van der Waals surface area contributed by atoms with Gasteiger partial charge in [-0.2, -0.15) is 0 Å². The van der Waals surface area contributed by atoms with Gasteiger partial charge in [-0.1, -0.05) is 36.4 Å². The molecule has 5 heteroatoms. The van der Waals surface area contributed by atoms with Crippen molar-refractivity contribution in [2.45, 2.75) is 25.8 Å². The SMILES string of the molecule is Cc1ccccc1-c1cccc(C(=O)N2CCNC[C@@H]2C(=O)N2CCCC2)c1. The highest BCUT2D eigenvalue weighted by Crippen LogP contribution is 2.25. The Morgan fingerprint density at radius 3 is 2.57 bits per heavy atom. The summed E-state index contributed by atoms with van der Waals surface area (Å²) in [7, 11) is 0. The molecule has 1 N–H and O–H groups in total. The van der Waals surface area contributed by atoms with Crippen LogP contribution in [0.5, 0.6) is 0 Å². The topological polar surface area (TPSA) is 52.7 Å². The van der Waals surface area contributed by atoms with Gasteiger partial charge in [-0.25, -0.2) is 0 Å². The van der Waals surface area contributed by atoms with Gasteiger partial charge >= 0.3 is 0 Å². The second-order valence-electron chi connectivity index (χ2n) is 7.65. The van der Waals surface area contributed by atoms with Gasteiger partial charge in [0.1, 0.15) is 6.04 Å². The Balaban J connectivity index is 1.59. The molecule has 2 aromatic carbocycles. The fourth-order valence-corrected chi connectivity index (χ4v) is 4.20. The largest absolute Gasteiger partial charge is 0.341 e. The number of piperazine rings is 1. The van der Waals surface area contributed by atoms with E-state index >= 15 is 0 Å². The molecule has 0 saturated carbocycles. The quantitative estimate of drug-likeness (QED) is 0.895. The van der Waals surface area contributed by atoms with Gasteiger partial charge in [-0.05, 0) is 48.6 Å². The van der Waals surface area contributed by atoms with Crippen LogP contribution in [-0.2, 0) is 4.79 Å². The first-order chi connectivity index (χ1) is 13.6. The summed E-state index contributed by atoms with van der Waals surface area (Å²) in [4.78, 5) is 30.0. The van der Waals surface area contributed by atoms with Crippen LogP contribution in [0, 0.1) is 6.92 Å². The van der Waals surface area contributed by atoms with Crippen LogP contribution in [0.3, 0.4) is 0 Å². The molecule has 1 atom stereocenters. The lowest BCUT2D eigenvalue weighted by molar-refractivity contribution is -0.135. The molecule has 2 aromatic rings. The molecule has 0 spiro atoms. The van der Waals surface area contributed by atoms with Crippen LogP contribution in [0.25, 0.3) is 11.1 Å². The maximum Gasteiger partial charge on any atom is 0.254 e. The number of nitrogens with one attached hydrogen (secondary N) is 1. The van der Waals surface area contributed by atoms with Crippen LogP contribution in [-0.4, -0.2) is 60.4 Å². The molecule has 4 rings (SSSR count). The molecule has 0 bridgehead atoms. The number of aryl methyl sites for hydroxylation is 1. The van der Waals surface area contributed by atoms with Gasteiger partial charge in [-0.3, -0.25) is 9.59 Å². The average molecular weight is 377 g/mol. The normalized spacial score (nSPS) is 19.7. The van der Waals surface area contributed by atoms with E-state index in [1.807, 2.05) is 41.3 Å². The maximum atomic E-state index is 13.3. The monoisotopic (exact) mass is 377 g/mol. The molecule has 0 unspecified atom stereocenters. The summed E-state index contributed by atoms with van der Waals surface area (Å²) in [6, 6.07) is 15.5. The average Bonchev–Trinajstić information content (AvgIpc) is 3.28. The zero-order valence-corrected chi connectivity index (χ0v) is 16.4. The number of carbonyl (C=O) groups is 2. The molecule has 2 aliphatic heterocycles. The third-order valence-corrected chi connectivity index (χ3v) is 5.77. The number of hydrogen-bond acceptors (Lipinski definition) is 3. The van der Waals surface area contributed by atoms with E-state index in [-0.39, 0.29) is 11.8 Å². The lowest BCUT2D eigenvalue weighted by Gasteiger charge is -2.37. The van der Waals surface area contributed by atoms with Crippen LogP contribution >= 0.6 is 0 Å². The summed E-state index contributed by atoms with van der Waals surface area (Å²) in [5.41, 5.74) is 3.97. The first-order valence-electron chi connectivity index (χ1n) is 10.1.